The summed E-state index contributed by atoms with van der Waals surface area (Å²) in [7, 11) is 0. The molecule has 0 saturated carbocycles. The third-order valence-electron chi connectivity index (χ3n) is 2.77. The van der Waals surface area contributed by atoms with Gasteiger partial charge in [0.15, 0.2) is 5.82 Å². The second-order valence-corrected chi connectivity index (χ2v) is 5.23. The van der Waals surface area contributed by atoms with Crippen LogP contribution >= 0.6 is 15.9 Å². The highest BCUT2D eigenvalue weighted by Crippen LogP contribution is 2.16. The number of halogens is 2. The van der Waals surface area contributed by atoms with Crippen LogP contribution in [0.4, 0.5) is 4.39 Å². The van der Waals surface area contributed by atoms with E-state index in [2.05, 4.69) is 36.6 Å². The van der Waals surface area contributed by atoms with Gasteiger partial charge in [-0.3, -0.25) is 4.68 Å². The van der Waals surface area contributed by atoms with Crippen LogP contribution in [-0.4, -0.2) is 30.0 Å². The Labute approximate surface area is 122 Å². The van der Waals surface area contributed by atoms with E-state index in [0.29, 0.717) is 18.1 Å². The smallest absolute Gasteiger partial charge is 0.178 e. The zero-order valence-electron chi connectivity index (χ0n) is 10.5. The lowest BCUT2D eigenvalue weighted by atomic mass is 10.2. The molecule has 0 fully saturated rings. The van der Waals surface area contributed by atoms with Gasteiger partial charge in [-0.2, -0.15) is 9.78 Å². The van der Waals surface area contributed by atoms with Crippen LogP contribution in [0.1, 0.15) is 11.4 Å². The van der Waals surface area contributed by atoms with Gasteiger partial charge in [-0.05, 0) is 51.0 Å². The van der Waals surface area contributed by atoms with Crippen LogP contribution in [0.2, 0.25) is 0 Å². The van der Waals surface area contributed by atoms with E-state index in [4.69, 9.17) is 0 Å². The van der Waals surface area contributed by atoms with Crippen LogP contribution in [0.25, 0.3) is 5.69 Å². The summed E-state index contributed by atoms with van der Waals surface area (Å²) in [6.45, 7) is 2.24. The Hall–Kier alpha value is -2.09. The Morgan fingerprint density at radius 2 is 2.20 bits per heavy atom. The van der Waals surface area contributed by atoms with Gasteiger partial charge in [-0.15, -0.1) is 5.10 Å². The van der Waals surface area contributed by atoms with Gasteiger partial charge in [-0.1, -0.05) is 6.07 Å². The molecule has 8 heteroatoms. The molecule has 2 heterocycles. The first-order chi connectivity index (χ1) is 9.63. The van der Waals surface area contributed by atoms with Crippen molar-refractivity contribution in [3.8, 4) is 5.69 Å². The monoisotopic (exact) mass is 336 g/mol. The SMILES string of the molecule is Cc1ccc(F)c(-n2nnnc2Cn2cc(Br)cn2)c1. The molecule has 0 saturated heterocycles. The van der Waals surface area contributed by atoms with Gasteiger partial charge < -0.3 is 0 Å². The van der Waals surface area contributed by atoms with Crippen molar-refractivity contribution in [3.63, 3.8) is 0 Å². The molecule has 0 spiro atoms. The van der Waals surface area contributed by atoms with Gasteiger partial charge in [0, 0.05) is 6.20 Å². The summed E-state index contributed by atoms with van der Waals surface area (Å²) < 4.78 is 17.8. The fraction of sp³-hybridized carbons (Fsp3) is 0.167. The number of aromatic nitrogens is 6. The van der Waals surface area contributed by atoms with Crippen LogP contribution in [0.3, 0.4) is 0 Å². The molecule has 0 aliphatic heterocycles. The van der Waals surface area contributed by atoms with Crippen molar-refractivity contribution in [2.75, 3.05) is 0 Å². The van der Waals surface area contributed by atoms with E-state index in [1.165, 1.54) is 10.7 Å². The Bertz CT molecular complexity index is 750. The molecule has 0 unspecified atom stereocenters. The maximum atomic E-state index is 13.9. The maximum Gasteiger partial charge on any atom is 0.178 e. The Morgan fingerprint density at radius 1 is 1.35 bits per heavy atom. The van der Waals surface area contributed by atoms with E-state index in [-0.39, 0.29) is 5.82 Å². The summed E-state index contributed by atoms with van der Waals surface area (Å²) in [5.74, 6) is 0.135. The molecular weight excluding hydrogens is 327 g/mol. The minimum absolute atomic E-state index is 0.330. The van der Waals surface area contributed by atoms with Crippen LogP contribution in [0, 0.1) is 12.7 Å². The van der Waals surface area contributed by atoms with E-state index < -0.39 is 0 Å². The quantitative estimate of drug-likeness (QED) is 0.735. The molecule has 3 rings (SSSR count). The lowest BCUT2D eigenvalue weighted by Gasteiger charge is -2.06. The number of hydrogen-bond acceptors (Lipinski definition) is 4. The molecule has 6 nitrogen and oxygen atoms in total. The summed E-state index contributed by atoms with van der Waals surface area (Å²) in [6, 6.07) is 4.81. The van der Waals surface area contributed by atoms with Crippen molar-refractivity contribution in [1.29, 1.82) is 0 Å². The van der Waals surface area contributed by atoms with Crippen LogP contribution in [0.5, 0.6) is 0 Å². The molecule has 0 amide bonds. The van der Waals surface area contributed by atoms with E-state index in [1.54, 1.807) is 29.2 Å². The Kier molecular flexibility index (Phi) is 3.31. The van der Waals surface area contributed by atoms with Crippen molar-refractivity contribution in [3.05, 3.63) is 52.3 Å². The number of hydrogen-bond donors (Lipinski definition) is 0. The zero-order chi connectivity index (χ0) is 14.1. The molecule has 2 aromatic heterocycles. The second kappa shape index (κ2) is 5.12. The van der Waals surface area contributed by atoms with Crippen molar-refractivity contribution >= 4 is 15.9 Å². The molecule has 0 N–H and O–H groups in total. The van der Waals surface area contributed by atoms with Crippen LogP contribution in [-0.2, 0) is 6.54 Å². The molecule has 1 aromatic carbocycles. The van der Waals surface area contributed by atoms with Crippen LogP contribution < -0.4 is 0 Å². The third kappa shape index (κ3) is 2.46. The van der Waals surface area contributed by atoms with Gasteiger partial charge in [0.1, 0.15) is 18.0 Å². The molecule has 0 aliphatic rings. The highest BCUT2D eigenvalue weighted by molar-refractivity contribution is 9.10. The summed E-state index contributed by atoms with van der Waals surface area (Å²) in [5.41, 5.74) is 1.26. The Balaban J connectivity index is 1.99. The topological polar surface area (TPSA) is 61.4 Å². The predicted octanol–water partition coefficient (Wildman–Crippen LogP) is 2.12. The first kappa shape index (κ1) is 12.9. The van der Waals surface area contributed by atoms with Gasteiger partial charge in [-0.25, -0.2) is 4.39 Å². The van der Waals surface area contributed by atoms with Crippen molar-refractivity contribution < 1.29 is 4.39 Å². The largest absolute Gasteiger partial charge is 0.264 e. The number of tetrazole rings is 1. The minimum atomic E-state index is -0.370. The molecular formula is C12H10BrFN6. The van der Waals surface area contributed by atoms with E-state index >= 15 is 0 Å². The van der Waals surface area contributed by atoms with E-state index in [9.17, 15) is 4.39 Å². The maximum absolute atomic E-state index is 13.9. The van der Waals surface area contributed by atoms with Gasteiger partial charge in [0.05, 0.1) is 10.7 Å². The number of rotatable bonds is 3. The molecule has 0 bridgehead atoms. The molecule has 0 radical (unpaired) electrons. The zero-order valence-corrected chi connectivity index (χ0v) is 12.1. The van der Waals surface area contributed by atoms with E-state index in [0.717, 1.165) is 10.0 Å². The average molecular weight is 337 g/mol. The first-order valence-electron chi connectivity index (χ1n) is 5.85. The third-order valence-corrected chi connectivity index (χ3v) is 3.18. The fourth-order valence-corrected chi connectivity index (χ4v) is 2.17. The number of aryl methyl sites for hydroxylation is 1. The molecule has 102 valence electrons. The van der Waals surface area contributed by atoms with E-state index in [1.807, 2.05) is 6.92 Å². The predicted molar refractivity (Wildman–Crippen MR) is 72.9 cm³/mol. The molecule has 3 aromatic rings. The van der Waals surface area contributed by atoms with Crippen molar-refractivity contribution in [1.82, 2.24) is 30.0 Å². The number of benzene rings is 1. The highest BCUT2D eigenvalue weighted by Gasteiger charge is 2.13. The van der Waals surface area contributed by atoms with Crippen LogP contribution in [0.15, 0.2) is 35.1 Å². The highest BCUT2D eigenvalue weighted by atomic mass is 79.9. The normalized spacial score (nSPS) is 10.9. The lowest BCUT2D eigenvalue weighted by Crippen LogP contribution is -2.10. The standard InChI is InChI=1S/C12H10BrFN6/c1-8-2-3-10(14)11(4-8)20-12(16-17-18-20)7-19-6-9(13)5-15-19/h2-6H,7H2,1H3. The summed E-state index contributed by atoms with van der Waals surface area (Å²) in [4.78, 5) is 0. The van der Waals surface area contributed by atoms with Crippen molar-refractivity contribution in [2.24, 2.45) is 0 Å². The summed E-state index contributed by atoms with van der Waals surface area (Å²) in [6.07, 6.45) is 3.47. The number of nitrogens with zero attached hydrogens (tertiary/aromatic N) is 6. The minimum Gasteiger partial charge on any atom is -0.264 e. The Morgan fingerprint density at radius 3 is 2.95 bits per heavy atom. The molecule has 0 atom stereocenters. The van der Waals surface area contributed by atoms with Gasteiger partial charge in [0.2, 0.25) is 0 Å². The average Bonchev–Trinajstić information content (AvgIpc) is 3.02. The van der Waals surface area contributed by atoms with Gasteiger partial charge >= 0.3 is 0 Å². The van der Waals surface area contributed by atoms with Gasteiger partial charge in [0.25, 0.3) is 0 Å². The first-order valence-corrected chi connectivity index (χ1v) is 6.64. The fourth-order valence-electron chi connectivity index (χ4n) is 1.85. The molecule has 20 heavy (non-hydrogen) atoms. The summed E-state index contributed by atoms with van der Waals surface area (Å²) in [5, 5.41) is 15.5. The molecule has 0 aliphatic carbocycles. The summed E-state index contributed by atoms with van der Waals surface area (Å²) >= 11 is 3.32. The second-order valence-electron chi connectivity index (χ2n) is 4.32. The lowest BCUT2D eigenvalue weighted by molar-refractivity contribution is 0.589. The van der Waals surface area contributed by atoms with Crippen molar-refractivity contribution in [2.45, 2.75) is 13.5 Å².